The molecule has 2 amide bonds. The number of hydrogen-bond acceptors (Lipinski definition) is 4. The zero-order valence-corrected chi connectivity index (χ0v) is 18.5. The van der Waals surface area contributed by atoms with E-state index in [-0.39, 0.29) is 6.04 Å². The molecule has 1 atom stereocenters. The van der Waals surface area contributed by atoms with E-state index in [4.69, 9.17) is 10.1 Å². The second-order valence-corrected chi connectivity index (χ2v) is 10.8. The van der Waals surface area contributed by atoms with Crippen LogP contribution in [0.5, 0.6) is 0 Å². The molecule has 2 saturated carbocycles. The summed E-state index contributed by atoms with van der Waals surface area (Å²) in [4.78, 5) is 17.8. The Balaban J connectivity index is 1.52. The van der Waals surface area contributed by atoms with Crippen LogP contribution in [0.3, 0.4) is 0 Å². The summed E-state index contributed by atoms with van der Waals surface area (Å²) in [6, 6.07) is -0.983. The summed E-state index contributed by atoms with van der Waals surface area (Å²) >= 11 is 0. The first-order chi connectivity index (χ1) is 14.7. The van der Waals surface area contributed by atoms with Crippen molar-refractivity contribution in [2.75, 3.05) is 5.32 Å². The second kappa shape index (κ2) is 7.37. The van der Waals surface area contributed by atoms with Gasteiger partial charge in [0.15, 0.2) is 15.7 Å². The van der Waals surface area contributed by atoms with Crippen molar-refractivity contribution in [2.24, 2.45) is 9.50 Å². The Morgan fingerprint density at radius 1 is 1.29 bits per heavy atom. The number of fused-ring (bicyclic) bond motifs is 1. The van der Waals surface area contributed by atoms with Crippen LogP contribution < -0.4 is 10.5 Å². The van der Waals surface area contributed by atoms with Crippen LogP contribution in [0.2, 0.25) is 0 Å². The van der Waals surface area contributed by atoms with Gasteiger partial charge in [0.05, 0.1) is 11.9 Å². The first-order valence-electron chi connectivity index (χ1n) is 10.9. The fourth-order valence-corrected chi connectivity index (χ4v) is 5.25. The first kappa shape index (κ1) is 20.6. The average Bonchev–Trinajstić information content (AvgIpc) is 3.61. The molecule has 2 fully saturated rings. The van der Waals surface area contributed by atoms with Gasteiger partial charge in [-0.1, -0.05) is 0 Å². The lowest BCUT2D eigenvalue weighted by atomic mass is 9.98. The summed E-state index contributed by atoms with van der Waals surface area (Å²) in [5.74, 6) is 0.0184. The fraction of sp³-hybridized carbons (Fsp3) is 0.571. The molecular formula is C21H27FN6O2S. The molecule has 31 heavy (non-hydrogen) atoms. The van der Waals surface area contributed by atoms with E-state index in [2.05, 4.69) is 14.8 Å². The van der Waals surface area contributed by atoms with E-state index in [9.17, 15) is 13.4 Å². The molecule has 5 rings (SSSR count). The Kier molecular flexibility index (Phi) is 4.89. The number of urea groups is 1. The Bertz CT molecular complexity index is 1190. The Morgan fingerprint density at radius 2 is 2.00 bits per heavy atom. The summed E-state index contributed by atoms with van der Waals surface area (Å²) in [6.45, 7) is 3.61. The monoisotopic (exact) mass is 446 g/mol. The molecule has 3 aliphatic carbocycles. The summed E-state index contributed by atoms with van der Waals surface area (Å²) in [7, 11) is -3.83. The minimum atomic E-state index is -3.83. The SMILES string of the molecule is CC(C)n1cc(F)c(S(N)(=O)=NC(=O)Nc2c3c(nc(C4CC4)c2C2CC2)CCC3)n1. The number of halogens is 1. The molecule has 8 nitrogen and oxygen atoms in total. The predicted octanol–water partition coefficient (Wildman–Crippen LogP) is 4.17. The molecule has 2 aromatic rings. The van der Waals surface area contributed by atoms with E-state index in [1.54, 1.807) is 13.8 Å². The van der Waals surface area contributed by atoms with Gasteiger partial charge >= 0.3 is 6.03 Å². The summed E-state index contributed by atoms with van der Waals surface area (Å²) < 4.78 is 32.2. The molecule has 0 aromatic carbocycles. The minimum absolute atomic E-state index is 0.145. The summed E-state index contributed by atoms with van der Waals surface area (Å²) in [5.41, 5.74) is 5.08. The lowest BCUT2D eigenvalue weighted by molar-refractivity contribution is 0.260. The molecule has 3 N–H and O–H groups in total. The van der Waals surface area contributed by atoms with Crippen LogP contribution in [0.15, 0.2) is 15.6 Å². The van der Waals surface area contributed by atoms with Crippen LogP contribution in [-0.4, -0.2) is 25.0 Å². The van der Waals surface area contributed by atoms with Crippen LogP contribution in [0.1, 0.15) is 86.3 Å². The quantitative estimate of drug-likeness (QED) is 0.717. The van der Waals surface area contributed by atoms with E-state index in [0.29, 0.717) is 11.8 Å². The van der Waals surface area contributed by atoms with Gasteiger partial charge in [0.1, 0.15) is 0 Å². The third-order valence-corrected chi connectivity index (χ3v) is 7.42. The van der Waals surface area contributed by atoms with E-state index < -0.39 is 26.8 Å². The van der Waals surface area contributed by atoms with Crippen molar-refractivity contribution in [1.82, 2.24) is 14.8 Å². The number of amides is 2. The van der Waals surface area contributed by atoms with E-state index in [1.807, 2.05) is 0 Å². The molecule has 166 valence electrons. The lowest BCUT2D eigenvalue weighted by Gasteiger charge is -2.18. The van der Waals surface area contributed by atoms with Gasteiger partial charge < -0.3 is 5.32 Å². The number of aryl methyl sites for hydroxylation is 1. The van der Waals surface area contributed by atoms with Gasteiger partial charge in [0.25, 0.3) is 0 Å². The van der Waals surface area contributed by atoms with E-state index >= 15 is 0 Å². The van der Waals surface area contributed by atoms with Crippen molar-refractivity contribution < 1.29 is 13.4 Å². The number of rotatable bonds is 5. The number of carbonyl (C=O) groups excluding carboxylic acids is 1. The maximum absolute atomic E-state index is 14.3. The highest BCUT2D eigenvalue weighted by atomic mass is 32.2. The van der Waals surface area contributed by atoms with Gasteiger partial charge in [-0.3, -0.25) is 9.67 Å². The maximum atomic E-state index is 14.3. The van der Waals surface area contributed by atoms with Gasteiger partial charge in [-0.15, -0.1) is 4.36 Å². The van der Waals surface area contributed by atoms with Crippen molar-refractivity contribution >= 4 is 21.6 Å². The molecule has 1 unspecified atom stereocenters. The number of carbonyl (C=O) groups is 1. The number of nitrogens with two attached hydrogens (primary N) is 1. The second-order valence-electron chi connectivity index (χ2n) is 9.06. The van der Waals surface area contributed by atoms with Crippen LogP contribution in [-0.2, 0) is 22.8 Å². The number of nitrogens with zero attached hydrogens (tertiary/aromatic N) is 4. The van der Waals surface area contributed by atoms with E-state index in [0.717, 1.165) is 79.3 Å². The first-order valence-corrected chi connectivity index (χ1v) is 12.5. The van der Waals surface area contributed by atoms with Gasteiger partial charge in [-0.05, 0) is 70.3 Å². The average molecular weight is 447 g/mol. The molecule has 0 bridgehead atoms. The smallest absolute Gasteiger partial charge is 0.305 e. The Hall–Kier alpha value is -2.33. The molecule has 2 heterocycles. The molecule has 0 saturated heterocycles. The predicted molar refractivity (Wildman–Crippen MR) is 115 cm³/mol. The fourth-order valence-electron chi connectivity index (χ4n) is 4.32. The zero-order valence-electron chi connectivity index (χ0n) is 17.7. The molecule has 0 spiro atoms. The number of nitrogens with one attached hydrogen (secondary N) is 1. The number of aromatic nitrogens is 3. The van der Waals surface area contributed by atoms with Crippen LogP contribution >= 0.6 is 0 Å². The highest BCUT2D eigenvalue weighted by Gasteiger charge is 2.38. The molecule has 10 heteroatoms. The van der Waals surface area contributed by atoms with Crippen LogP contribution in [0, 0.1) is 5.82 Å². The Labute approximate surface area is 181 Å². The van der Waals surface area contributed by atoms with Crippen molar-refractivity contribution in [3.63, 3.8) is 0 Å². The van der Waals surface area contributed by atoms with Crippen LogP contribution in [0.25, 0.3) is 0 Å². The largest absolute Gasteiger partial charge is 0.354 e. The van der Waals surface area contributed by atoms with Gasteiger partial charge in [-0.25, -0.2) is 18.5 Å². The van der Waals surface area contributed by atoms with Crippen LogP contribution in [0.4, 0.5) is 14.9 Å². The molecule has 0 aliphatic heterocycles. The normalized spacial score (nSPS) is 19.9. The molecule has 2 aromatic heterocycles. The minimum Gasteiger partial charge on any atom is -0.305 e. The van der Waals surface area contributed by atoms with Crippen molar-refractivity contribution in [3.8, 4) is 0 Å². The van der Waals surface area contributed by atoms with Crippen molar-refractivity contribution in [1.29, 1.82) is 0 Å². The van der Waals surface area contributed by atoms with E-state index in [1.165, 1.54) is 4.68 Å². The van der Waals surface area contributed by atoms with Gasteiger partial charge in [0, 0.05) is 28.9 Å². The third kappa shape index (κ3) is 3.87. The number of pyridine rings is 1. The number of anilines is 1. The zero-order chi connectivity index (χ0) is 21.9. The topological polar surface area (TPSA) is 115 Å². The maximum Gasteiger partial charge on any atom is 0.354 e. The number of hydrogen-bond donors (Lipinski definition) is 2. The van der Waals surface area contributed by atoms with Crippen molar-refractivity contribution in [3.05, 3.63) is 34.5 Å². The Morgan fingerprint density at radius 3 is 2.61 bits per heavy atom. The lowest BCUT2D eigenvalue weighted by Crippen LogP contribution is -2.21. The van der Waals surface area contributed by atoms with Crippen molar-refractivity contribution in [2.45, 2.75) is 81.7 Å². The third-order valence-electron chi connectivity index (χ3n) is 6.15. The molecular weight excluding hydrogens is 419 g/mol. The molecule has 3 aliphatic rings. The van der Waals surface area contributed by atoms with Gasteiger partial charge in [0.2, 0.25) is 5.03 Å². The standard InChI is InChI=1S/C21H27FN6O2S/c1-11(2)28-10-15(22)20(26-28)31(23,30)27-21(29)25-19-14-4-3-5-16(14)24-18(13-8-9-13)17(19)12-6-7-12/h10-13H,3-9H2,1-2H3,(H3,23,24,25,27,29,30). The summed E-state index contributed by atoms with van der Waals surface area (Å²) in [5, 5.41) is 12.1. The van der Waals surface area contributed by atoms with Gasteiger partial charge in [-0.2, -0.15) is 5.10 Å². The highest BCUT2D eigenvalue weighted by Crippen LogP contribution is 2.52. The highest BCUT2D eigenvalue weighted by molar-refractivity contribution is 7.91. The summed E-state index contributed by atoms with van der Waals surface area (Å²) in [6.07, 6.45) is 8.24. The molecule has 0 radical (unpaired) electrons.